The van der Waals surface area contributed by atoms with Crippen molar-refractivity contribution in [3.63, 3.8) is 0 Å². The Morgan fingerprint density at radius 1 is 1.37 bits per heavy atom. The topological polar surface area (TPSA) is 86.0 Å². The van der Waals surface area contributed by atoms with Gasteiger partial charge in [0.1, 0.15) is 23.2 Å². The van der Waals surface area contributed by atoms with E-state index in [1.165, 1.54) is 7.11 Å². The summed E-state index contributed by atoms with van der Waals surface area (Å²) in [6.45, 7) is 6.00. The van der Waals surface area contributed by atoms with Crippen molar-refractivity contribution in [1.29, 1.82) is 0 Å². The van der Waals surface area contributed by atoms with Gasteiger partial charge in [0.2, 0.25) is 0 Å². The third kappa shape index (κ3) is 4.54. The van der Waals surface area contributed by atoms with Crippen LogP contribution in [0.15, 0.2) is 10.5 Å². The summed E-state index contributed by atoms with van der Waals surface area (Å²) < 4.78 is 16.4. The molecule has 1 aromatic heterocycles. The van der Waals surface area contributed by atoms with Crippen LogP contribution < -0.4 is 0 Å². The van der Waals surface area contributed by atoms with Gasteiger partial charge in [-0.25, -0.2) is 4.79 Å². The van der Waals surface area contributed by atoms with Crippen molar-refractivity contribution in [3.05, 3.63) is 23.2 Å². The number of fused-ring (bicyclic) bond motifs is 4. The zero-order chi connectivity index (χ0) is 19.8. The number of hydrogen-bond acceptors (Lipinski definition) is 6. The van der Waals surface area contributed by atoms with E-state index in [4.69, 9.17) is 13.9 Å². The molecule has 4 atom stereocenters. The number of carbonyl (C=O) groups is 2. The highest BCUT2D eigenvalue weighted by Gasteiger charge is 2.39. The van der Waals surface area contributed by atoms with Crippen molar-refractivity contribution in [2.24, 2.45) is 17.8 Å². The Labute approximate surface area is 160 Å². The maximum atomic E-state index is 12.2. The fraction of sp³-hybridized carbons (Fsp3) is 0.714. The van der Waals surface area contributed by atoms with Gasteiger partial charge in [-0.2, -0.15) is 0 Å². The quantitative estimate of drug-likeness (QED) is 0.795. The molecule has 150 valence electrons. The summed E-state index contributed by atoms with van der Waals surface area (Å²) in [6, 6.07) is 1.68. The van der Waals surface area contributed by atoms with E-state index < -0.39 is 11.6 Å². The zero-order valence-corrected chi connectivity index (χ0v) is 16.6. The predicted octanol–water partition coefficient (Wildman–Crippen LogP) is 3.29. The molecule has 1 unspecified atom stereocenters. The smallest absolute Gasteiger partial charge is 0.341 e. The SMILES string of the molecule is COC(=O)c1cc2oc1C[C@@H](C(C)C)CCC1C[C@@H](C[C@@](C)(O)C2)OC1=O. The number of ether oxygens (including phenoxy) is 2. The third-order valence-electron chi connectivity index (χ3n) is 5.93. The molecule has 0 aromatic carbocycles. The van der Waals surface area contributed by atoms with Crippen molar-refractivity contribution < 1.29 is 28.6 Å². The number of esters is 2. The summed E-state index contributed by atoms with van der Waals surface area (Å²) in [5.74, 6) is 1.14. The summed E-state index contributed by atoms with van der Waals surface area (Å²) >= 11 is 0. The van der Waals surface area contributed by atoms with E-state index in [1.54, 1.807) is 13.0 Å². The number of rotatable bonds is 2. The van der Waals surface area contributed by atoms with Crippen LogP contribution in [0, 0.1) is 17.8 Å². The molecule has 0 saturated carbocycles. The summed E-state index contributed by atoms with van der Waals surface area (Å²) in [4.78, 5) is 24.4. The Hall–Kier alpha value is -1.82. The molecule has 6 heteroatoms. The Balaban J connectivity index is 1.96. The van der Waals surface area contributed by atoms with E-state index in [9.17, 15) is 14.7 Å². The van der Waals surface area contributed by atoms with Gasteiger partial charge in [0.15, 0.2) is 0 Å². The van der Waals surface area contributed by atoms with Crippen LogP contribution in [-0.4, -0.2) is 35.9 Å². The minimum absolute atomic E-state index is 0.112. The second kappa shape index (κ2) is 7.66. The number of furan rings is 1. The summed E-state index contributed by atoms with van der Waals surface area (Å²) in [5, 5.41) is 10.8. The molecular weight excluding hydrogens is 348 g/mol. The molecule has 2 aliphatic heterocycles. The fourth-order valence-electron chi connectivity index (χ4n) is 4.35. The van der Waals surface area contributed by atoms with Gasteiger partial charge in [0.25, 0.3) is 0 Å². The van der Waals surface area contributed by atoms with E-state index in [-0.39, 0.29) is 30.3 Å². The highest BCUT2D eigenvalue weighted by Crippen LogP contribution is 2.36. The summed E-state index contributed by atoms with van der Waals surface area (Å²) in [5.41, 5.74) is -0.658. The molecule has 0 spiro atoms. The Bertz CT molecular complexity index is 702. The van der Waals surface area contributed by atoms with Gasteiger partial charge in [-0.15, -0.1) is 0 Å². The summed E-state index contributed by atoms with van der Waals surface area (Å²) in [6.07, 6.45) is 3.21. The molecular formula is C21H30O6. The average molecular weight is 378 g/mol. The van der Waals surface area contributed by atoms with Crippen LogP contribution in [0.2, 0.25) is 0 Å². The van der Waals surface area contributed by atoms with Gasteiger partial charge in [0.05, 0.1) is 18.6 Å². The van der Waals surface area contributed by atoms with Gasteiger partial charge < -0.3 is 19.0 Å². The van der Waals surface area contributed by atoms with Crippen molar-refractivity contribution in [1.82, 2.24) is 0 Å². The first-order valence-electron chi connectivity index (χ1n) is 9.81. The lowest BCUT2D eigenvalue weighted by molar-refractivity contribution is -0.146. The predicted molar refractivity (Wildman–Crippen MR) is 98.2 cm³/mol. The standard InChI is InChI=1S/C21H30O6/c1-12(2)13-5-6-14-7-15(27-19(14)22)10-21(3,24)11-16-9-17(20(23)25-4)18(8-13)26-16/h9,12-15,24H,5-8,10-11H2,1-4H3/t13-,14?,15-,21+/m0/s1. The van der Waals surface area contributed by atoms with Crippen LogP contribution in [0.1, 0.15) is 68.3 Å². The van der Waals surface area contributed by atoms with E-state index in [2.05, 4.69) is 13.8 Å². The fourth-order valence-corrected chi connectivity index (χ4v) is 4.35. The van der Waals surface area contributed by atoms with Crippen LogP contribution in [0.25, 0.3) is 0 Å². The molecule has 1 fully saturated rings. The molecule has 3 heterocycles. The molecule has 6 nitrogen and oxygen atoms in total. The van der Waals surface area contributed by atoms with Crippen LogP contribution >= 0.6 is 0 Å². The van der Waals surface area contributed by atoms with Crippen LogP contribution in [0.5, 0.6) is 0 Å². The van der Waals surface area contributed by atoms with E-state index in [0.717, 1.165) is 12.8 Å². The van der Waals surface area contributed by atoms with Gasteiger partial charge in [0, 0.05) is 19.3 Å². The molecule has 2 aliphatic rings. The number of carbonyl (C=O) groups excluding carboxylic acids is 2. The maximum absolute atomic E-state index is 12.2. The van der Waals surface area contributed by atoms with E-state index in [1.807, 2.05) is 0 Å². The van der Waals surface area contributed by atoms with Crippen molar-refractivity contribution in [3.8, 4) is 0 Å². The second-order valence-corrected chi connectivity index (χ2v) is 8.70. The van der Waals surface area contributed by atoms with Crippen molar-refractivity contribution in [2.75, 3.05) is 7.11 Å². The largest absolute Gasteiger partial charge is 0.465 e. The van der Waals surface area contributed by atoms with Gasteiger partial charge >= 0.3 is 11.9 Å². The van der Waals surface area contributed by atoms with Crippen LogP contribution in [-0.2, 0) is 27.1 Å². The van der Waals surface area contributed by atoms with Crippen LogP contribution in [0.3, 0.4) is 0 Å². The molecule has 0 amide bonds. The maximum Gasteiger partial charge on any atom is 0.341 e. The summed E-state index contributed by atoms with van der Waals surface area (Å²) in [7, 11) is 1.36. The highest BCUT2D eigenvalue weighted by molar-refractivity contribution is 5.90. The molecule has 0 aliphatic carbocycles. The minimum Gasteiger partial charge on any atom is -0.465 e. The Morgan fingerprint density at radius 3 is 2.78 bits per heavy atom. The molecule has 27 heavy (non-hydrogen) atoms. The number of hydrogen-bond donors (Lipinski definition) is 1. The number of aliphatic hydroxyl groups is 1. The van der Waals surface area contributed by atoms with Gasteiger partial charge in [-0.1, -0.05) is 13.8 Å². The minimum atomic E-state index is -1.09. The molecule has 3 rings (SSSR count). The van der Waals surface area contributed by atoms with Crippen molar-refractivity contribution >= 4 is 11.9 Å². The molecule has 1 aromatic rings. The van der Waals surface area contributed by atoms with Crippen molar-refractivity contribution in [2.45, 2.75) is 71.0 Å². The van der Waals surface area contributed by atoms with Gasteiger partial charge in [-0.3, -0.25) is 4.79 Å². The first kappa shape index (κ1) is 19.9. The zero-order valence-electron chi connectivity index (χ0n) is 16.6. The molecule has 1 saturated heterocycles. The first-order valence-corrected chi connectivity index (χ1v) is 9.81. The lowest BCUT2D eigenvalue weighted by Crippen LogP contribution is -2.32. The monoisotopic (exact) mass is 378 g/mol. The normalized spacial score (nSPS) is 31.6. The first-order chi connectivity index (χ1) is 12.7. The number of methoxy groups -OCH3 is 1. The second-order valence-electron chi connectivity index (χ2n) is 8.70. The van der Waals surface area contributed by atoms with Gasteiger partial charge in [-0.05, 0) is 44.1 Å². The third-order valence-corrected chi connectivity index (χ3v) is 5.93. The molecule has 1 N–H and O–H groups in total. The lowest BCUT2D eigenvalue weighted by Gasteiger charge is -2.24. The van der Waals surface area contributed by atoms with E-state index in [0.29, 0.717) is 42.3 Å². The molecule has 0 radical (unpaired) electrons. The highest BCUT2D eigenvalue weighted by atomic mass is 16.6. The Kier molecular flexibility index (Phi) is 5.65. The molecule has 4 bridgehead atoms. The lowest BCUT2D eigenvalue weighted by atomic mass is 9.83. The Morgan fingerprint density at radius 2 is 2.11 bits per heavy atom. The van der Waals surface area contributed by atoms with Crippen LogP contribution in [0.4, 0.5) is 0 Å². The van der Waals surface area contributed by atoms with E-state index >= 15 is 0 Å². The average Bonchev–Trinajstić information content (AvgIpc) is 3.11.